The zero-order valence-corrected chi connectivity index (χ0v) is 12.2. The molecule has 1 heterocycles. The topological polar surface area (TPSA) is 29.3 Å². The maximum absolute atomic E-state index is 13.2. The number of nitrogens with zero attached hydrogens (tertiary/aromatic N) is 1. The number of rotatable bonds is 4. The normalized spacial score (nSPS) is 22.4. The number of hydrogen-bond donors (Lipinski definition) is 1. The van der Waals surface area contributed by atoms with Crippen molar-refractivity contribution in [2.45, 2.75) is 25.7 Å². The smallest absolute Gasteiger partial charge is 0.141 e. The third-order valence-corrected chi connectivity index (χ3v) is 4.21. The molecule has 0 aromatic heterocycles. The van der Waals surface area contributed by atoms with E-state index in [2.05, 4.69) is 11.8 Å². The Hall–Kier alpha value is -0.640. The standard InChI is InChI=1S/C15H22ClFN2/c1-11-3-2-6-19(9-11)10-13(8-18)12-4-5-15(17)14(16)7-12/h4-5,7,11,13H,2-3,6,8-10,18H2,1H3. The molecular formula is C15H22ClFN2. The average Bonchev–Trinajstić information content (AvgIpc) is 2.39. The molecule has 1 aliphatic heterocycles. The van der Waals surface area contributed by atoms with Crippen LogP contribution in [0.25, 0.3) is 0 Å². The van der Waals surface area contributed by atoms with Gasteiger partial charge in [0.1, 0.15) is 5.82 Å². The molecule has 2 nitrogen and oxygen atoms in total. The molecule has 1 aromatic rings. The molecule has 0 radical (unpaired) electrons. The van der Waals surface area contributed by atoms with Crippen LogP contribution in [-0.2, 0) is 0 Å². The van der Waals surface area contributed by atoms with Crippen LogP contribution in [0.4, 0.5) is 4.39 Å². The quantitative estimate of drug-likeness (QED) is 0.920. The van der Waals surface area contributed by atoms with Crippen molar-refractivity contribution in [3.05, 3.63) is 34.6 Å². The molecule has 0 spiro atoms. The first-order valence-electron chi connectivity index (χ1n) is 6.97. The summed E-state index contributed by atoms with van der Waals surface area (Å²) in [5, 5.41) is 0.183. The van der Waals surface area contributed by atoms with Crippen LogP contribution in [0.2, 0.25) is 5.02 Å². The molecule has 0 bridgehead atoms. The lowest BCUT2D eigenvalue weighted by Crippen LogP contribution is -2.38. The van der Waals surface area contributed by atoms with Crippen LogP contribution < -0.4 is 5.73 Å². The SMILES string of the molecule is CC1CCCN(CC(CN)c2ccc(F)c(Cl)c2)C1. The maximum Gasteiger partial charge on any atom is 0.141 e. The summed E-state index contributed by atoms with van der Waals surface area (Å²) in [6.45, 7) is 6.05. The lowest BCUT2D eigenvalue weighted by Gasteiger charge is -2.33. The van der Waals surface area contributed by atoms with Gasteiger partial charge < -0.3 is 10.6 Å². The Bertz CT molecular complexity index is 425. The number of halogens is 2. The monoisotopic (exact) mass is 284 g/mol. The lowest BCUT2D eigenvalue weighted by atomic mass is 9.95. The number of nitrogens with two attached hydrogens (primary N) is 1. The molecule has 106 valence electrons. The van der Waals surface area contributed by atoms with Crippen molar-refractivity contribution in [2.24, 2.45) is 11.7 Å². The van der Waals surface area contributed by atoms with Crippen molar-refractivity contribution in [2.75, 3.05) is 26.2 Å². The second-order valence-corrected chi connectivity index (χ2v) is 6.02. The fourth-order valence-electron chi connectivity index (χ4n) is 2.85. The number of benzene rings is 1. The van der Waals surface area contributed by atoms with Gasteiger partial charge in [-0.2, -0.15) is 0 Å². The summed E-state index contributed by atoms with van der Waals surface area (Å²) in [4.78, 5) is 2.46. The summed E-state index contributed by atoms with van der Waals surface area (Å²) < 4.78 is 13.2. The molecule has 0 saturated carbocycles. The van der Waals surface area contributed by atoms with Crippen molar-refractivity contribution < 1.29 is 4.39 Å². The number of piperidine rings is 1. The first-order valence-corrected chi connectivity index (χ1v) is 7.35. The summed E-state index contributed by atoms with van der Waals surface area (Å²) in [5.74, 6) is 0.611. The Morgan fingerprint density at radius 1 is 1.53 bits per heavy atom. The van der Waals surface area contributed by atoms with E-state index in [1.165, 1.54) is 18.9 Å². The zero-order valence-electron chi connectivity index (χ0n) is 11.4. The maximum atomic E-state index is 13.2. The van der Waals surface area contributed by atoms with Gasteiger partial charge in [-0.1, -0.05) is 24.6 Å². The highest BCUT2D eigenvalue weighted by molar-refractivity contribution is 6.30. The van der Waals surface area contributed by atoms with E-state index in [9.17, 15) is 4.39 Å². The van der Waals surface area contributed by atoms with Gasteiger partial charge in [-0.3, -0.25) is 0 Å². The van der Waals surface area contributed by atoms with Gasteiger partial charge in [0.2, 0.25) is 0 Å². The molecule has 4 heteroatoms. The Morgan fingerprint density at radius 3 is 2.95 bits per heavy atom. The number of likely N-dealkylation sites (tertiary alicyclic amines) is 1. The van der Waals surface area contributed by atoms with Crippen LogP contribution in [0.15, 0.2) is 18.2 Å². The van der Waals surface area contributed by atoms with Crippen LogP contribution in [0.1, 0.15) is 31.2 Å². The molecule has 2 rings (SSSR count). The summed E-state index contributed by atoms with van der Waals surface area (Å²) in [6.07, 6.45) is 2.56. The molecule has 2 N–H and O–H groups in total. The minimum atomic E-state index is -0.368. The zero-order chi connectivity index (χ0) is 13.8. The highest BCUT2D eigenvalue weighted by Crippen LogP contribution is 2.24. The molecular weight excluding hydrogens is 263 g/mol. The molecule has 1 saturated heterocycles. The molecule has 1 aliphatic rings. The van der Waals surface area contributed by atoms with Gasteiger partial charge in [-0.05, 0) is 43.0 Å². The van der Waals surface area contributed by atoms with Crippen LogP contribution in [0.5, 0.6) is 0 Å². The van der Waals surface area contributed by atoms with Gasteiger partial charge in [0, 0.05) is 25.6 Å². The second kappa shape index (κ2) is 6.69. The molecule has 19 heavy (non-hydrogen) atoms. The Balaban J connectivity index is 2.04. The van der Waals surface area contributed by atoms with E-state index in [4.69, 9.17) is 17.3 Å². The van der Waals surface area contributed by atoms with Crippen LogP contribution >= 0.6 is 11.6 Å². The second-order valence-electron chi connectivity index (χ2n) is 5.61. The lowest BCUT2D eigenvalue weighted by molar-refractivity contribution is 0.175. The van der Waals surface area contributed by atoms with E-state index in [-0.39, 0.29) is 16.8 Å². The molecule has 2 atom stereocenters. The highest BCUT2D eigenvalue weighted by atomic mass is 35.5. The predicted octanol–water partition coefficient (Wildman–Crippen LogP) is 3.25. The van der Waals surface area contributed by atoms with Gasteiger partial charge in [-0.15, -0.1) is 0 Å². The van der Waals surface area contributed by atoms with E-state index in [1.54, 1.807) is 12.1 Å². The Morgan fingerprint density at radius 2 is 2.32 bits per heavy atom. The predicted molar refractivity (Wildman–Crippen MR) is 78.0 cm³/mol. The minimum absolute atomic E-state index is 0.183. The first-order chi connectivity index (χ1) is 9.10. The van der Waals surface area contributed by atoms with E-state index >= 15 is 0 Å². The fraction of sp³-hybridized carbons (Fsp3) is 0.600. The molecule has 1 aromatic carbocycles. The van der Waals surface area contributed by atoms with Crippen LogP contribution in [0.3, 0.4) is 0 Å². The van der Waals surface area contributed by atoms with Crippen LogP contribution in [0, 0.1) is 11.7 Å². The summed E-state index contributed by atoms with van der Waals surface area (Å²) in [7, 11) is 0. The van der Waals surface area contributed by atoms with Gasteiger partial charge in [-0.25, -0.2) is 4.39 Å². The Kier molecular flexibility index (Phi) is 5.20. The minimum Gasteiger partial charge on any atom is -0.330 e. The largest absolute Gasteiger partial charge is 0.330 e. The third-order valence-electron chi connectivity index (χ3n) is 3.92. The van der Waals surface area contributed by atoms with E-state index in [1.807, 2.05) is 0 Å². The van der Waals surface area contributed by atoms with Gasteiger partial charge in [0.05, 0.1) is 5.02 Å². The van der Waals surface area contributed by atoms with E-state index in [0.29, 0.717) is 6.54 Å². The summed E-state index contributed by atoms with van der Waals surface area (Å²) in [6, 6.07) is 4.94. The average molecular weight is 285 g/mol. The highest BCUT2D eigenvalue weighted by Gasteiger charge is 2.20. The van der Waals surface area contributed by atoms with Crippen molar-refractivity contribution in [1.29, 1.82) is 0 Å². The van der Waals surface area contributed by atoms with Crippen molar-refractivity contribution in [3.8, 4) is 0 Å². The summed E-state index contributed by atoms with van der Waals surface area (Å²) >= 11 is 5.85. The third kappa shape index (κ3) is 3.91. The molecule has 1 fully saturated rings. The summed E-state index contributed by atoms with van der Waals surface area (Å²) in [5.41, 5.74) is 6.92. The van der Waals surface area contributed by atoms with Crippen molar-refractivity contribution in [1.82, 2.24) is 4.90 Å². The number of hydrogen-bond acceptors (Lipinski definition) is 2. The first kappa shape index (κ1) is 14.8. The van der Waals surface area contributed by atoms with Crippen molar-refractivity contribution in [3.63, 3.8) is 0 Å². The van der Waals surface area contributed by atoms with Crippen LogP contribution in [-0.4, -0.2) is 31.1 Å². The molecule has 2 unspecified atom stereocenters. The van der Waals surface area contributed by atoms with Gasteiger partial charge in [0.15, 0.2) is 0 Å². The Labute approximate surface area is 119 Å². The van der Waals surface area contributed by atoms with Gasteiger partial charge in [0.25, 0.3) is 0 Å². The van der Waals surface area contributed by atoms with Gasteiger partial charge >= 0.3 is 0 Å². The van der Waals surface area contributed by atoms with Crippen molar-refractivity contribution >= 4 is 11.6 Å². The van der Waals surface area contributed by atoms with E-state index in [0.717, 1.165) is 31.1 Å². The molecule has 0 aliphatic carbocycles. The fourth-order valence-corrected chi connectivity index (χ4v) is 3.04. The van der Waals surface area contributed by atoms with E-state index < -0.39 is 0 Å². The molecule has 0 amide bonds.